The number of nitrogens with zero attached hydrogens (tertiary/aromatic N) is 4. The van der Waals surface area contributed by atoms with Gasteiger partial charge in [-0.15, -0.1) is 0 Å². The maximum atomic E-state index is 14.2. The van der Waals surface area contributed by atoms with Crippen molar-refractivity contribution in [1.82, 2.24) is 24.4 Å². The Kier molecular flexibility index (Phi) is 8.48. The first-order valence-corrected chi connectivity index (χ1v) is 16.3. The molecule has 0 unspecified atom stereocenters. The molecule has 4 heterocycles. The summed E-state index contributed by atoms with van der Waals surface area (Å²) >= 11 is 3.29. The van der Waals surface area contributed by atoms with Crippen molar-refractivity contribution in [2.75, 3.05) is 11.5 Å². The van der Waals surface area contributed by atoms with E-state index in [-0.39, 0.29) is 40.8 Å². The van der Waals surface area contributed by atoms with E-state index in [9.17, 15) is 18.8 Å². The van der Waals surface area contributed by atoms with Crippen molar-refractivity contribution < 1.29 is 9.18 Å². The number of carbonyl (C=O) groups excluding carboxylic acids is 1. The number of carbonyl (C=O) groups is 1. The molecule has 1 aliphatic carbocycles. The van der Waals surface area contributed by atoms with E-state index in [2.05, 4.69) is 15.3 Å². The number of rotatable bonds is 6. The van der Waals surface area contributed by atoms with Crippen LogP contribution in [0.1, 0.15) is 66.5 Å². The van der Waals surface area contributed by atoms with Crippen molar-refractivity contribution in [3.8, 4) is 0 Å². The van der Waals surface area contributed by atoms with Gasteiger partial charge in [0.05, 0.1) is 17.1 Å². The third kappa shape index (κ3) is 5.89. The molecule has 0 radical (unpaired) electrons. The van der Waals surface area contributed by atoms with Crippen molar-refractivity contribution in [1.29, 1.82) is 0 Å². The maximum absolute atomic E-state index is 14.2. The standard InChI is InChI=1S/C31H32FN5O3S2/c1-19-4-10-24(11-5-19)42-29-25(3-2-14-33-29)28(38)35-21-6-8-22(9-7-21)37-30(39)26-17-20(32)18-34-27(26)36(31(37)40)23-12-15-41-16-13-23/h2-5,10-11,14,17-18,21-23H,6-9,12-13,15-16H2,1H3,(H,35,38)/t21-,22+. The van der Waals surface area contributed by atoms with Gasteiger partial charge in [0.15, 0.2) is 0 Å². The first kappa shape index (κ1) is 28.7. The summed E-state index contributed by atoms with van der Waals surface area (Å²) < 4.78 is 17.1. The highest BCUT2D eigenvalue weighted by molar-refractivity contribution is 7.99. The number of pyridine rings is 2. The molecule has 0 atom stereocenters. The highest BCUT2D eigenvalue weighted by Gasteiger charge is 2.30. The fraction of sp³-hybridized carbons (Fsp3) is 0.387. The zero-order chi connectivity index (χ0) is 29.2. The summed E-state index contributed by atoms with van der Waals surface area (Å²) in [4.78, 5) is 50.4. The lowest BCUT2D eigenvalue weighted by molar-refractivity contribution is 0.0918. The largest absolute Gasteiger partial charge is 0.349 e. The van der Waals surface area contributed by atoms with Crippen LogP contribution in [0.3, 0.4) is 0 Å². The molecule has 42 heavy (non-hydrogen) atoms. The summed E-state index contributed by atoms with van der Waals surface area (Å²) in [6, 6.07) is 12.3. The topological polar surface area (TPSA) is 98.9 Å². The van der Waals surface area contributed by atoms with Crippen LogP contribution in [0.25, 0.3) is 11.0 Å². The summed E-state index contributed by atoms with van der Waals surface area (Å²) in [5.74, 6) is 1.05. The van der Waals surface area contributed by atoms with E-state index < -0.39 is 11.4 Å². The molecule has 8 nitrogen and oxygen atoms in total. The van der Waals surface area contributed by atoms with Gasteiger partial charge >= 0.3 is 5.69 Å². The molecular weight excluding hydrogens is 574 g/mol. The first-order chi connectivity index (χ1) is 20.4. The number of aryl methyl sites for hydroxylation is 1. The lowest BCUT2D eigenvalue weighted by Crippen LogP contribution is -2.46. The zero-order valence-corrected chi connectivity index (χ0v) is 24.9. The van der Waals surface area contributed by atoms with Crippen molar-refractivity contribution in [2.24, 2.45) is 0 Å². The lowest BCUT2D eigenvalue weighted by Gasteiger charge is -2.31. The van der Waals surface area contributed by atoms with Crippen LogP contribution in [0, 0.1) is 12.7 Å². The van der Waals surface area contributed by atoms with Crippen LogP contribution in [0.4, 0.5) is 4.39 Å². The van der Waals surface area contributed by atoms with E-state index >= 15 is 0 Å². The third-order valence-electron chi connectivity index (χ3n) is 8.13. The molecule has 218 valence electrons. The average molecular weight is 606 g/mol. The molecule has 1 amide bonds. The molecule has 2 fully saturated rings. The molecule has 4 aromatic rings. The number of thioether (sulfide) groups is 1. The van der Waals surface area contributed by atoms with Crippen LogP contribution in [0.5, 0.6) is 0 Å². The minimum atomic E-state index is -0.600. The first-order valence-electron chi connectivity index (χ1n) is 14.3. The van der Waals surface area contributed by atoms with Gasteiger partial charge in [-0.3, -0.25) is 18.7 Å². The summed E-state index contributed by atoms with van der Waals surface area (Å²) in [6.07, 6.45) is 6.67. The van der Waals surface area contributed by atoms with E-state index in [1.54, 1.807) is 22.9 Å². The van der Waals surface area contributed by atoms with E-state index in [1.807, 2.05) is 43.0 Å². The van der Waals surface area contributed by atoms with Gasteiger partial charge in [0.25, 0.3) is 11.5 Å². The van der Waals surface area contributed by atoms with Crippen molar-refractivity contribution in [3.63, 3.8) is 0 Å². The maximum Gasteiger partial charge on any atom is 0.333 e. The van der Waals surface area contributed by atoms with Crippen LogP contribution in [-0.4, -0.2) is 42.6 Å². The van der Waals surface area contributed by atoms with Crippen molar-refractivity contribution >= 4 is 40.5 Å². The van der Waals surface area contributed by atoms with Crippen molar-refractivity contribution in [2.45, 2.75) is 73.5 Å². The second kappa shape index (κ2) is 12.4. The van der Waals surface area contributed by atoms with Gasteiger partial charge in [0, 0.05) is 29.2 Å². The number of halogens is 1. The molecule has 1 aromatic carbocycles. The number of hydrogen-bond donors (Lipinski definition) is 1. The molecule has 2 aliphatic rings. The minimum absolute atomic E-state index is 0.0758. The van der Waals surface area contributed by atoms with E-state index in [0.29, 0.717) is 36.3 Å². The van der Waals surface area contributed by atoms with E-state index in [4.69, 9.17) is 0 Å². The fourth-order valence-electron chi connectivity index (χ4n) is 5.90. The Morgan fingerprint density at radius 3 is 2.43 bits per heavy atom. The van der Waals surface area contributed by atoms with E-state index in [0.717, 1.165) is 41.0 Å². The Labute approximate surface area is 251 Å². The highest BCUT2D eigenvalue weighted by Crippen LogP contribution is 2.32. The number of amides is 1. The second-order valence-electron chi connectivity index (χ2n) is 10.9. The van der Waals surface area contributed by atoms with Gasteiger partial charge in [-0.05, 0) is 87.3 Å². The SMILES string of the molecule is Cc1ccc(Sc2ncccc2C(=O)N[C@H]2CC[C@@H](n3c(=O)c4cc(F)cnc4n(C4CCSCC4)c3=O)CC2)cc1. The Balaban J connectivity index is 1.20. The highest BCUT2D eigenvalue weighted by atomic mass is 32.2. The molecule has 1 aliphatic heterocycles. The Hall–Kier alpha value is -3.44. The molecule has 1 N–H and O–H groups in total. The van der Waals surface area contributed by atoms with Gasteiger partial charge in [0.2, 0.25) is 0 Å². The Bertz CT molecular complexity index is 1730. The lowest BCUT2D eigenvalue weighted by atomic mass is 9.90. The van der Waals surface area contributed by atoms with Crippen molar-refractivity contribution in [3.05, 3.63) is 92.6 Å². The van der Waals surface area contributed by atoms with Crippen LogP contribution in [-0.2, 0) is 0 Å². The Morgan fingerprint density at radius 1 is 0.976 bits per heavy atom. The monoisotopic (exact) mass is 605 g/mol. The Morgan fingerprint density at radius 2 is 1.69 bits per heavy atom. The number of nitrogens with one attached hydrogen (secondary N) is 1. The molecule has 11 heteroatoms. The van der Waals surface area contributed by atoms with E-state index in [1.165, 1.54) is 22.4 Å². The molecule has 0 spiro atoms. The van der Waals surface area contributed by atoms with Crippen LogP contribution >= 0.6 is 23.5 Å². The molecule has 3 aromatic heterocycles. The molecular formula is C31H32FN5O3S2. The van der Waals surface area contributed by atoms with Crippen LogP contribution < -0.4 is 16.6 Å². The molecule has 6 rings (SSSR count). The van der Waals surface area contributed by atoms with Crippen LogP contribution in [0.2, 0.25) is 0 Å². The second-order valence-corrected chi connectivity index (χ2v) is 13.2. The van der Waals surface area contributed by atoms with Gasteiger partial charge in [-0.2, -0.15) is 11.8 Å². The van der Waals surface area contributed by atoms with Gasteiger partial charge < -0.3 is 5.32 Å². The number of aromatic nitrogens is 4. The number of hydrogen-bond acceptors (Lipinski definition) is 7. The smallest absolute Gasteiger partial charge is 0.333 e. The number of fused-ring (bicyclic) bond motifs is 1. The summed E-state index contributed by atoms with van der Waals surface area (Å²) in [6.45, 7) is 2.03. The molecule has 0 bridgehead atoms. The quantitative estimate of drug-likeness (QED) is 0.308. The van der Waals surface area contributed by atoms with Gasteiger partial charge in [0.1, 0.15) is 16.5 Å². The molecule has 1 saturated heterocycles. The predicted octanol–water partition coefficient (Wildman–Crippen LogP) is 5.53. The normalized spacial score (nSPS) is 19.6. The molecule has 1 saturated carbocycles. The number of benzene rings is 1. The summed E-state index contributed by atoms with van der Waals surface area (Å²) in [5.41, 5.74) is 1.07. The van der Waals surface area contributed by atoms with Crippen LogP contribution in [0.15, 0.2) is 74.4 Å². The zero-order valence-electron chi connectivity index (χ0n) is 23.3. The predicted molar refractivity (Wildman–Crippen MR) is 164 cm³/mol. The average Bonchev–Trinajstić information content (AvgIpc) is 3.00. The third-order valence-corrected chi connectivity index (χ3v) is 10.2. The van der Waals surface area contributed by atoms with Gasteiger partial charge in [-0.25, -0.2) is 19.2 Å². The van der Waals surface area contributed by atoms with Gasteiger partial charge in [-0.1, -0.05) is 29.5 Å². The fourth-order valence-corrected chi connectivity index (χ4v) is 7.86. The summed E-state index contributed by atoms with van der Waals surface area (Å²) in [7, 11) is 0. The summed E-state index contributed by atoms with van der Waals surface area (Å²) in [5, 5.41) is 3.92. The minimum Gasteiger partial charge on any atom is -0.349 e.